The Morgan fingerprint density at radius 2 is 1.75 bits per heavy atom. The van der Waals surface area contributed by atoms with Gasteiger partial charge in [-0.25, -0.2) is 0 Å². The molecule has 0 heterocycles. The summed E-state index contributed by atoms with van der Waals surface area (Å²) in [7, 11) is 0. The van der Waals surface area contributed by atoms with E-state index in [-0.39, 0.29) is 5.54 Å². The molecule has 0 aromatic rings. The van der Waals surface area contributed by atoms with Gasteiger partial charge in [-0.3, -0.25) is 0 Å². The lowest BCUT2D eigenvalue weighted by Crippen LogP contribution is -2.42. The van der Waals surface area contributed by atoms with E-state index in [1.54, 1.807) is 0 Å². The van der Waals surface area contributed by atoms with E-state index in [0.717, 1.165) is 13.1 Å². The highest BCUT2D eigenvalue weighted by Crippen LogP contribution is 2.33. The van der Waals surface area contributed by atoms with Crippen molar-refractivity contribution in [3.05, 3.63) is 0 Å². The van der Waals surface area contributed by atoms with Gasteiger partial charge in [-0.15, -0.1) is 0 Å². The van der Waals surface area contributed by atoms with E-state index in [1.165, 1.54) is 12.8 Å². The molecule has 1 saturated carbocycles. The van der Waals surface area contributed by atoms with Gasteiger partial charge in [-0.1, -0.05) is 0 Å². The van der Waals surface area contributed by atoms with Gasteiger partial charge in [0.05, 0.1) is 0 Å². The minimum absolute atomic E-state index is 0.256. The lowest BCUT2D eigenvalue weighted by Gasteiger charge is -2.21. The van der Waals surface area contributed by atoms with E-state index in [9.17, 15) is 0 Å². The Morgan fingerprint density at radius 1 is 1.17 bits per heavy atom. The summed E-state index contributed by atoms with van der Waals surface area (Å²) in [6, 6.07) is 0. The highest BCUT2D eigenvalue weighted by Gasteiger charge is 2.36. The maximum absolute atomic E-state index is 3.54. The number of nitrogens with one attached hydrogen (secondary N) is 2. The minimum atomic E-state index is 0.256. The third-order valence-electron chi connectivity index (χ3n) is 2.33. The third-order valence-corrected chi connectivity index (χ3v) is 2.33. The summed E-state index contributed by atoms with van der Waals surface area (Å²) >= 11 is 0. The van der Waals surface area contributed by atoms with Gasteiger partial charge in [0.1, 0.15) is 0 Å². The highest BCUT2D eigenvalue weighted by molar-refractivity contribution is 4.97. The fourth-order valence-electron chi connectivity index (χ4n) is 1.17. The first-order chi connectivity index (χ1) is 5.41. The van der Waals surface area contributed by atoms with Crippen LogP contribution >= 0.6 is 0 Å². The molecule has 0 amide bonds. The Labute approximate surface area is 76.1 Å². The van der Waals surface area contributed by atoms with Gasteiger partial charge in [-0.05, 0) is 40.5 Å². The Bertz CT molecular complexity index is 135. The van der Waals surface area contributed by atoms with Gasteiger partial charge >= 0.3 is 0 Å². The topological polar surface area (TPSA) is 24.1 Å². The van der Waals surface area contributed by atoms with E-state index < -0.39 is 0 Å². The smallest absolute Gasteiger partial charge is 0.0155 e. The molecule has 0 aromatic carbocycles. The summed E-state index contributed by atoms with van der Waals surface area (Å²) in [4.78, 5) is 0. The van der Waals surface area contributed by atoms with Gasteiger partial charge in [0.15, 0.2) is 0 Å². The Morgan fingerprint density at radius 3 is 2.17 bits per heavy atom. The summed E-state index contributed by atoms with van der Waals surface area (Å²) in [5.41, 5.74) is 0.742. The zero-order chi connectivity index (χ0) is 9.24. The molecule has 0 radical (unpaired) electrons. The van der Waals surface area contributed by atoms with Crippen LogP contribution in [0.4, 0.5) is 0 Å². The molecule has 0 spiro atoms. The third kappa shape index (κ3) is 4.07. The fourth-order valence-corrected chi connectivity index (χ4v) is 1.17. The van der Waals surface area contributed by atoms with Crippen molar-refractivity contribution in [3.63, 3.8) is 0 Å². The molecule has 2 nitrogen and oxygen atoms in total. The van der Waals surface area contributed by atoms with Crippen molar-refractivity contribution in [1.29, 1.82) is 0 Å². The molecular weight excluding hydrogens is 148 g/mol. The van der Waals surface area contributed by atoms with Gasteiger partial charge in [0, 0.05) is 24.2 Å². The Kier molecular flexibility index (Phi) is 2.79. The second-order valence-electron chi connectivity index (χ2n) is 5.16. The maximum atomic E-state index is 3.54. The molecule has 1 aliphatic rings. The molecule has 1 aliphatic carbocycles. The summed E-state index contributed by atoms with van der Waals surface area (Å²) in [6.45, 7) is 11.1. The molecule has 2 N–H and O–H groups in total. The van der Waals surface area contributed by atoms with Gasteiger partial charge < -0.3 is 10.6 Å². The summed E-state index contributed by atoms with van der Waals surface area (Å²) in [5.74, 6) is 0. The van der Waals surface area contributed by atoms with Crippen molar-refractivity contribution < 1.29 is 0 Å². The SMILES string of the molecule is CC(C)(C)NCCNC1(C)CC1. The van der Waals surface area contributed by atoms with Crippen LogP contribution in [0, 0.1) is 0 Å². The predicted molar refractivity (Wildman–Crippen MR) is 53.4 cm³/mol. The van der Waals surface area contributed by atoms with Crippen molar-refractivity contribution in [3.8, 4) is 0 Å². The van der Waals surface area contributed by atoms with Crippen LogP contribution in [0.15, 0.2) is 0 Å². The second kappa shape index (κ2) is 3.35. The van der Waals surface area contributed by atoms with Gasteiger partial charge in [0.25, 0.3) is 0 Å². The van der Waals surface area contributed by atoms with E-state index in [4.69, 9.17) is 0 Å². The van der Waals surface area contributed by atoms with Crippen LogP contribution in [-0.2, 0) is 0 Å². The fraction of sp³-hybridized carbons (Fsp3) is 1.00. The number of rotatable bonds is 4. The number of hydrogen-bond donors (Lipinski definition) is 2. The molecule has 0 unspecified atom stereocenters. The van der Waals surface area contributed by atoms with E-state index in [0.29, 0.717) is 5.54 Å². The standard InChI is InChI=1S/C10H22N2/c1-9(2,3)11-7-8-12-10(4)5-6-10/h11-12H,5-8H2,1-4H3. The van der Waals surface area contributed by atoms with Crippen molar-refractivity contribution in [2.45, 2.75) is 51.6 Å². The molecule has 1 fully saturated rings. The quantitative estimate of drug-likeness (QED) is 0.625. The van der Waals surface area contributed by atoms with Crippen LogP contribution < -0.4 is 10.6 Å². The molecule has 0 aromatic heterocycles. The van der Waals surface area contributed by atoms with E-state index in [2.05, 4.69) is 38.3 Å². The van der Waals surface area contributed by atoms with Gasteiger partial charge in [-0.2, -0.15) is 0 Å². The molecule has 0 saturated heterocycles. The maximum Gasteiger partial charge on any atom is 0.0155 e. The largest absolute Gasteiger partial charge is 0.311 e. The number of hydrogen-bond acceptors (Lipinski definition) is 2. The Balaban J connectivity index is 1.96. The zero-order valence-corrected chi connectivity index (χ0v) is 8.83. The van der Waals surface area contributed by atoms with E-state index >= 15 is 0 Å². The molecule has 1 rings (SSSR count). The molecule has 2 heteroatoms. The van der Waals surface area contributed by atoms with Crippen LogP contribution in [-0.4, -0.2) is 24.2 Å². The highest BCUT2D eigenvalue weighted by atomic mass is 15.0. The van der Waals surface area contributed by atoms with E-state index in [1.807, 2.05) is 0 Å². The van der Waals surface area contributed by atoms with Crippen LogP contribution in [0.3, 0.4) is 0 Å². The van der Waals surface area contributed by atoms with Gasteiger partial charge in [0.2, 0.25) is 0 Å². The molecule has 72 valence electrons. The van der Waals surface area contributed by atoms with Crippen LogP contribution in [0.2, 0.25) is 0 Å². The predicted octanol–water partition coefficient (Wildman–Crippen LogP) is 1.52. The normalized spacial score (nSPS) is 21.0. The first kappa shape index (κ1) is 10.0. The summed E-state index contributed by atoms with van der Waals surface area (Å²) in [5, 5.41) is 7.00. The van der Waals surface area contributed by atoms with Crippen molar-refractivity contribution in [2.75, 3.05) is 13.1 Å². The van der Waals surface area contributed by atoms with Crippen LogP contribution in [0.25, 0.3) is 0 Å². The molecule has 0 aliphatic heterocycles. The van der Waals surface area contributed by atoms with Crippen molar-refractivity contribution >= 4 is 0 Å². The van der Waals surface area contributed by atoms with Crippen LogP contribution in [0.5, 0.6) is 0 Å². The molecular formula is C10H22N2. The zero-order valence-electron chi connectivity index (χ0n) is 8.83. The minimum Gasteiger partial charge on any atom is -0.311 e. The summed E-state index contributed by atoms with van der Waals surface area (Å²) in [6.07, 6.45) is 2.70. The van der Waals surface area contributed by atoms with Crippen molar-refractivity contribution in [2.24, 2.45) is 0 Å². The Hall–Kier alpha value is -0.0800. The second-order valence-corrected chi connectivity index (χ2v) is 5.16. The summed E-state index contributed by atoms with van der Waals surface area (Å²) < 4.78 is 0. The lowest BCUT2D eigenvalue weighted by molar-refractivity contribution is 0.409. The molecule has 0 atom stereocenters. The average Bonchev–Trinajstić information content (AvgIpc) is 2.60. The molecule has 12 heavy (non-hydrogen) atoms. The first-order valence-electron chi connectivity index (χ1n) is 4.91. The average molecular weight is 170 g/mol. The van der Waals surface area contributed by atoms with Crippen molar-refractivity contribution in [1.82, 2.24) is 10.6 Å². The first-order valence-corrected chi connectivity index (χ1v) is 4.91. The molecule has 0 bridgehead atoms. The lowest BCUT2D eigenvalue weighted by atomic mass is 10.1. The monoisotopic (exact) mass is 170 g/mol. The van der Waals surface area contributed by atoms with Crippen LogP contribution in [0.1, 0.15) is 40.5 Å².